The molecule has 3 aromatic heterocycles. The van der Waals surface area contributed by atoms with Crippen LogP contribution in [0.3, 0.4) is 0 Å². The zero-order chi connectivity index (χ0) is 17.2. The van der Waals surface area contributed by atoms with Crippen LogP contribution in [0.25, 0.3) is 10.3 Å². The molecule has 2 amide bonds. The number of hydrogen-bond donors (Lipinski definition) is 2. The quantitative estimate of drug-likeness (QED) is 0.714. The maximum absolute atomic E-state index is 12.3. The molecule has 1 saturated heterocycles. The fourth-order valence-electron chi connectivity index (χ4n) is 2.74. The van der Waals surface area contributed by atoms with Gasteiger partial charge in [-0.3, -0.25) is 4.98 Å². The summed E-state index contributed by atoms with van der Waals surface area (Å²) in [4.78, 5) is 33.9. The Hall–Kier alpha value is -3.01. The molecule has 4 rings (SSSR count). The van der Waals surface area contributed by atoms with Crippen LogP contribution in [0.15, 0.2) is 30.0 Å². The van der Waals surface area contributed by atoms with Crippen molar-refractivity contribution in [2.24, 2.45) is 0 Å². The molecular formula is C15H16N8OS. The number of urea groups is 1. The lowest BCUT2D eigenvalue weighted by molar-refractivity contribution is 0.208. The van der Waals surface area contributed by atoms with Gasteiger partial charge in [-0.1, -0.05) is 0 Å². The Labute approximate surface area is 147 Å². The number of aromatic nitrogens is 4. The van der Waals surface area contributed by atoms with E-state index in [0.29, 0.717) is 31.9 Å². The minimum Gasteiger partial charge on any atom is -0.368 e. The molecule has 1 aliphatic heterocycles. The molecule has 0 unspecified atom stereocenters. The molecule has 4 heterocycles. The van der Waals surface area contributed by atoms with E-state index in [2.05, 4.69) is 30.2 Å². The molecular weight excluding hydrogens is 340 g/mol. The third-order valence-corrected chi connectivity index (χ3v) is 4.70. The molecule has 1 aliphatic rings. The SMILES string of the molecule is Nc1nc(N2CCN(C(=O)Nc3cccnc3)CC2)c2ncsc2n1. The summed E-state index contributed by atoms with van der Waals surface area (Å²) in [5, 5.41) is 2.85. The normalized spacial score (nSPS) is 14.7. The lowest BCUT2D eigenvalue weighted by Gasteiger charge is -2.35. The van der Waals surface area contributed by atoms with Gasteiger partial charge in [0.1, 0.15) is 5.52 Å². The van der Waals surface area contributed by atoms with Gasteiger partial charge in [0.25, 0.3) is 0 Å². The van der Waals surface area contributed by atoms with Crippen LogP contribution in [0.5, 0.6) is 0 Å². The molecule has 0 radical (unpaired) electrons. The van der Waals surface area contributed by atoms with Gasteiger partial charge in [0.15, 0.2) is 10.6 Å². The summed E-state index contributed by atoms with van der Waals surface area (Å²) in [6.07, 6.45) is 3.29. The second-order valence-corrected chi connectivity index (χ2v) is 6.39. The summed E-state index contributed by atoms with van der Waals surface area (Å²) in [6, 6.07) is 3.46. The monoisotopic (exact) mass is 356 g/mol. The number of nitrogens with two attached hydrogens (primary N) is 1. The Balaban J connectivity index is 1.44. The van der Waals surface area contributed by atoms with Gasteiger partial charge < -0.3 is 20.9 Å². The van der Waals surface area contributed by atoms with Crippen molar-refractivity contribution in [2.75, 3.05) is 42.1 Å². The third-order valence-electron chi connectivity index (χ3n) is 3.98. The number of nitrogens with zero attached hydrogens (tertiary/aromatic N) is 6. The van der Waals surface area contributed by atoms with Crippen molar-refractivity contribution < 1.29 is 4.79 Å². The number of nitrogen functional groups attached to an aromatic ring is 1. The van der Waals surface area contributed by atoms with Crippen LogP contribution in [0, 0.1) is 0 Å². The molecule has 0 saturated carbocycles. The van der Waals surface area contributed by atoms with Crippen molar-refractivity contribution in [3.8, 4) is 0 Å². The smallest absolute Gasteiger partial charge is 0.322 e. The van der Waals surface area contributed by atoms with Crippen LogP contribution in [0.1, 0.15) is 0 Å². The van der Waals surface area contributed by atoms with Gasteiger partial charge in [0.2, 0.25) is 5.95 Å². The third kappa shape index (κ3) is 3.15. The highest BCUT2D eigenvalue weighted by Gasteiger charge is 2.24. The van der Waals surface area contributed by atoms with E-state index in [1.807, 2.05) is 6.07 Å². The van der Waals surface area contributed by atoms with Crippen LogP contribution in [-0.2, 0) is 0 Å². The summed E-state index contributed by atoms with van der Waals surface area (Å²) in [5.74, 6) is 0.972. The number of carbonyl (C=O) groups is 1. The molecule has 1 fully saturated rings. The lowest BCUT2D eigenvalue weighted by atomic mass is 10.3. The van der Waals surface area contributed by atoms with Crippen LogP contribution in [0.4, 0.5) is 22.2 Å². The molecule has 3 N–H and O–H groups in total. The van der Waals surface area contributed by atoms with E-state index >= 15 is 0 Å². The average Bonchev–Trinajstić information content (AvgIpc) is 3.10. The summed E-state index contributed by atoms with van der Waals surface area (Å²) in [5.41, 5.74) is 8.98. The number of pyridine rings is 1. The summed E-state index contributed by atoms with van der Waals surface area (Å²) >= 11 is 1.44. The summed E-state index contributed by atoms with van der Waals surface area (Å²) in [6.45, 7) is 2.48. The number of nitrogens with one attached hydrogen (secondary N) is 1. The maximum Gasteiger partial charge on any atom is 0.322 e. The van der Waals surface area contributed by atoms with Gasteiger partial charge in [-0.25, -0.2) is 14.8 Å². The Kier molecular flexibility index (Phi) is 4.02. The number of carbonyl (C=O) groups excluding carboxylic acids is 1. The van der Waals surface area contributed by atoms with Crippen molar-refractivity contribution in [2.45, 2.75) is 0 Å². The molecule has 0 bridgehead atoms. The summed E-state index contributed by atoms with van der Waals surface area (Å²) < 4.78 is 0. The first-order valence-corrected chi connectivity index (χ1v) is 8.66. The molecule has 0 atom stereocenters. The predicted octanol–water partition coefficient (Wildman–Crippen LogP) is 1.42. The number of thiazole rings is 1. The number of amides is 2. The number of piperazine rings is 1. The lowest BCUT2D eigenvalue weighted by Crippen LogP contribution is -2.50. The Bertz CT molecular complexity index is 891. The van der Waals surface area contributed by atoms with Gasteiger partial charge in [-0.05, 0) is 12.1 Å². The first kappa shape index (κ1) is 15.5. The highest BCUT2D eigenvalue weighted by atomic mass is 32.1. The Morgan fingerprint density at radius 2 is 2.08 bits per heavy atom. The van der Waals surface area contributed by atoms with Crippen molar-refractivity contribution in [1.29, 1.82) is 0 Å². The van der Waals surface area contributed by atoms with Crippen LogP contribution >= 0.6 is 11.3 Å². The number of anilines is 3. The molecule has 128 valence electrons. The molecule has 0 spiro atoms. The second kappa shape index (κ2) is 6.48. The van der Waals surface area contributed by atoms with Crippen molar-refractivity contribution in [3.63, 3.8) is 0 Å². The molecule has 25 heavy (non-hydrogen) atoms. The standard InChI is InChI=1S/C15H16N8OS/c16-14-20-12(11-13(21-14)25-9-18-11)22-4-6-23(7-5-22)15(24)19-10-2-1-3-17-8-10/h1-3,8-9H,4-7H2,(H,19,24)(H2,16,20,21). The Morgan fingerprint density at radius 3 is 2.84 bits per heavy atom. The number of rotatable bonds is 2. The minimum atomic E-state index is -0.131. The predicted molar refractivity (Wildman–Crippen MR) is 96.7 cm³/mol. The topological polar surface area (TPSA) is 113 Å². The molecule has 0 aliphatic carbocycles. The van der Waals surface area contributed by atoms with E-state index in [-0.39, 0.29) is 12.0 Å². The zero-order valence-electron chi connectivity index (χ0n) is 13.3. The van der Waals surface area contributed by atoms with E-state index < -0.39 is 0 Å². The average molecular weight is 356 g/mol. The van der Waals surface area contributed by atoms with E-state index in [1.165, 1.54) is 11.3 Å². The van der Waals surface area contributed by atoms with Gasteiger partial charge in [-0.15, -0.1) is 11.3 Å². The van der Waals surface area contributed by atoms with E-state index in [0.717, 1.165) is 16.2 Å². The molecule has 9 nitrogen and oxygen atoms in total. The van der Waals surface area contributed by atoms with E-state index in [9.17, 15) is 4.79 Å². The first-order valence-electron chi connectivity index (χ1n) is 7.78. The first-order chi connectivity index (χ1) is 12.2. The van der Waals surface area contributed by atoms with E-state index in [1.54, 1.807) is 28.9 Å². The maximum atomic E-state index is 12.3. The van der Waals surface area contributed by atoms with E-state index in [4.69, 9.17) is 5.73 Å². The molecule has 3 aromatic rings. The van der Waals surface area contributed by atoms with Gasteiger partial charge in [0.05, 0.1) is 17.4 Å². The molecule has 10 heteroatoms. The number of hydrogen-bond acceptors (Lipinski definition) is 8. The van der Waals surface area contributed by atoms with Crippen LogP contribution in [-0.4, -0.2) is 57.0 Å². The van der Waals surface area contributed by atoms with Gasteiger partial charge in [0, 0.05) is 32.4 Å². The second-order valence-electron chi connectivity index (χ2n) is 5.56. The largest absolute Gasteiger partial charge is 0.368 e. The Morgan fingerprint density at radius 1 is 1.24 bits per heavy atom. The van der Waals surface area contributed by atoms with Crippen molar-refractivity contribution >= 4 is 45.2 Å². The van der Waals surface area contributed by atoms with Gasteiger partial charge in [-0.2, -0.15) is 4.98 Å². The minimum absolute atomic E-state index is 0.131. The van der Waals surface area contributed by atoms with Crippen molar-refractivity contribution in [1.82, 2.24) is 24.8 Å². The van der Waals surface area contributed by atoms with Crippen molar-refractivity contribution in [3.05, 3.63) is 30.0 Å². The fourth-order valence-corrected chi connectivity index (χ4v) is 3.40. The fraction of sp³-hybridized carbons (Fsp3) is 0.267. The zero-order valence-corrected chi connectivity index (χ0v) is 14.1. The summed E-state index contributed by atoms with van der Waals surface area (Å²) in [7, 11) is 0. The molecule has 0 aromatic carbocycles. The van der Waals surface area contributed by atoms with Gasteiger partial charge >= 0.3 is 6.03 Å². The number of fused-ring (bicyclic) bond motifs is 1. The van der Waals surface area contributed by atoms with Crippen LogP contribution < -0.4 is 16.0 Å². The highest BCUT2D eigenvalue weighted by molar-refractivity contribution is 7.16. The van der Waals surface area contributed by atoms with Crippen LogP contribution in [0.2, 0.25) is 0 Å². The highest BCUT2D eigenvalue weighted by Crippen LogP contribution is 2.26.